The third kappa shape index (κ3) is 3.03. The molecule has 0 aliphatic carbocycles. The Morgan fingerprint density at radius 3 is 2.75 bits per heavy atom. The van der Waals surface area contributed by atoms with Crippen LogP contribution in [0.1, 0.15) is 18.1 Å². The van der Waals surface area contributed by atoms with Gasteiger partial charge in [0.15, 0.2) is 5.11 Å². The van der Waals surface area contributed by atoms with E-state index in [2.05, 4.69) is 12.2 Å². The van der Waals surface area contributed by atoms with Crippen LogP contribution in [-0.4, -0.2) is 18.1 Å². The lowest BCUT2D eigenvalue weighted by molar-refractivity contribution is -0.113. The SMILES string of the molecule is CCc1cccc(N2C(=O)/C(=C\c3ccccc3OC)NC2=S)c1. The molecule has 0 radical (unpaired) electrons. The summed E-state index contributed by atoms with van der Waals surface area (Å²) in [6, 6.07) is 15.4. The molecule has 2 aromatic carbocycles. The maximum Gasteiger partial charge on any atom is 0.281 e. The number of hydrogen-bond donors (Lipinski definition) is 1. The Hall–Kier alpha value is -2.66. The van der Waals surface area contributed by atoms with Gasteiger partial charge in [-0.3, -0.25) is 9.69 Å². The van der Waals surface area contributed by atoms with Gasteiger partial charge in [-0.2, -0.15) is 0 Å². The summed E-state index contributed by atoms with van der Waals surface area (Å²) in [5.74, 6) is 0.538. The molecule has 1 aliphatic heterocycles. The van der Waals surface area contributed by atoms with Crippen molar-refractivity contribution in [3.8, 4) is 5.75 Å². The fraction of sp³-hybridized carbons (Fsp3) is 0.158. The third-order valence-electron chi connectivity index (χ3n) is 3.89. The topological polar surface area (TPSA) is 41.6 Å². The second-order valence-corrected chi connectivity index (χ2v) is 5.78. The minimum atomic E-state index is -0.167. The number of anilines is 1. The number of rotatable bonds is 4. The van der Waals surface area contributed by atoms with Crippen LogP contribution in [0.15, 0.2) is 54.2 Å². The number of ether oxygens (including phenoxy) is 1. The number of thiocarbonyl (C=S) groups is 1. The molecule has 1 saturated heterocycles. The normalized spacial score (nSPS) is 15.8. The molecule has 0 atom stereocenters. The molecular formula is C19H18N2O2S. The third-order valence-corrected chi connectivity index (χ3v) is 4.18. The van der Waals surface area contributed by atoms with Crippen molar-refractivity contribution in [3.63, 3.8) is 0 Å². The number of para-hydroxylation sites is 1. The van der Waals surface area contributed by atoms with Crippen molar-refractivity contribution in [2.45, 2.75) is 13.3 Å². The van der Waals surface area contributed by atoms with Crippen molar-refractivity contribution in [1.82, 2.24) is 5.32 Å². The number of hydrogen-bond acceptors (Lipinski definition) is 3. The zero-order valence-electron chi connectivity index (χ0n) is 13.6. The molecule has 0 spiro atoms. The van der Waals surface area contributed by atoms with E-state index in [1.165, 1.54) is 4.90 Å². The summed E-state index contributed by atoms with van der Waals surface area (Å²) in [6.07, 6.45) is 2.66. The Bertz CT molecular complexity index is 830. The number of amides is 1. The molecule has 5 heteroatoms. The molecule has 1 amide bonds. The van der Waals surface area contributed by atoms with E-state index in [1.807, 2.05) is 48.5 Å². The molecule has 1 aliphatic rings. The lowest BCUT2D eigenvalue weighted by Gasteiger charge is -2.14. The van der Waals surface area contributed by atoms with Crippen molar-refractivity contribution in [2.75, 3.05) is 12.0 Å². The summed E-state index contributed by atoms with van der Waals surface area (Å²) in [5.41, 5.74) is 3.19. The molecule has 2 aromatic rings. The average Bonchev–Trinajstić information content (AvgIpc) is 2.89. The molecular weight excluding hydrogens is 320 g/mol. The van der Waals surface area contributed by atoms with Gasteiger partial charge in [-0.05, 0) is 48.5 Å². The molecule has 3 rings (SSSR count). The van der Waals surface area contributed by atoms with Crippen LogP contribution in [-0.2, 0) is 11.2 Å². The zero-order chi connectivity index (χ0) is 17.1. The Morgan fingerprint density at radius 2 is 2.00 bits per heavy atom. The smallest absolute Gasteiger partial charge is 0.281 e. The number of methoxy groups -OCH3 is 1. The second kappa shape index (κ2) is 6.84. The van der Waals surface area contributed by atoms with Crippen LogP contribution < -0.4 is 15.0 Å². The lowest BCUT2D eigenvalue weighted by atomic mass is 10.1. The monoisotopic (exact) mass is 338 g/mol. The van der Waals surface area contributed by atoms with Crippen LogP contribution in [0, 0.1) is 0 Å². The summed E-state index contributed by atoms with van der Waals surface area (Å²) >= 11 is 5.36. The standard InChI is InChI=1S/C19H18N2O2S/c1-3-13-7-6-9-15(11-13)21-18(22)16(20-19(21)24)12-14-8-4-5-10-17(14)23-2/h4-12H,3H2,1-2H3,(H,20,24)/b16-12+. The predicted molar refractivity (Wildman–Crippen MR) is 100 cm³/mol. The van der Waals surface area contributed by atoms with Gasteiger partial charge in [0.25, 0.3) is 5.91 Å². The van der Waals surface area contributed by atoms with Crippen molar-refractivity contribution >= 4 is 35.0 Å². The second-order valence-electron chi connectivity index (χ2n) is 5.39. The molecule has 0 aromatic heterocycles. The first-order valence-electron chi connectivity index (χ1n) is 7.73. The van der Waals surface area contributed by atoms with Crippen molar-refractivity contribution in [2.24, 2.45) is 0 Å². The number of aryl methyl sites for hydroxylation is 1. The maximum atomic E-state index is 12.8. The van der Waals surface area contributed by atoms with Crippen LogP contribution in [0.4, 0.5) is 5.69 Å². The number of carbonyl (C=O) groups is 1. The predicted octanol–water partition coefficient (Wildman–Crippen LogP) is 3.52. The summed E-state index contributed by atoms with van der Waals surface area (Å²) < 4.78 is 5.33. The fourth-order valence-electron chi connectivity index (χ4n) is 2.63. The van der Waals surface area contributed by atoms with Crippen molar-refractivity contribution in [1.29, 1.82) is 0 Å². The highest BCUT2D eigenvalue weighted by atomic mass is 32.1. The van der Waals surface area contributed by atoms with Crippen LogP contribution in [0.5, 0.6) is 5.75 Å². The van der Waals surface area contributed by atoms with Crippen LogP contribution in [0.2, 0.25) is 0 Å². The summed E-state index contributed by atoms with van der Waals surface area (Å²) in [4.78, 5) is 14.3. The van der Waals surface area contributed by atoms with Crippen LogP contribution in [0.3, 0.4) is 0 Å². The Balaban J connectivity index is 1.95. The Labute approximate surface area is 146 Å². The average molecular weight is 338 g/mol. The van der Waals surface area contributed by atoms with Gasteiger partial charge in [-0.1, -0.05) is 37.3 Å². The van der Waals surface area contributed by atoms with Crippen LogP contribution >= 0.6 is 12.2 Å². The molecule has 1 heterocycles. The first-order valence-corrected chi connectivity index (χ1v) is 8.14. The van der Waals surface area contributed by atoms with Gasteiger partial charge in [0.2, 0.25) is 0 Å². The maximum absolute atomic E-state index is 12.8. The van der Waals surface area contributed by atoms with Gasteiger partial charge >= 0.3 is 0 Å². The van der Waals surface area contributed by atoms with E-state index in [-0.39, 0.29) is 5.91 Å². The number of carbonyl (C=O) groups excluding carboxylic acids is 1. The van der Waals surface area contributed by atoms with Crippen molar-refractivity contribution in [3.05, 3.63) is 65.4 Å². The molecule has 1 N–H and O–H groups in total. The molecule has 4 nitrogen and oxygen atoms in total. The van der Waals surface area contributed by atoms with E-state index in [1.54, 1.807) is 13.2 Å². The van der Waals surface area contributed by atoms with Crippen LogP contribution in [0.25, 0.3) is 6.08 Å². The van der Waals surface area contributed by atoms with Gasteiger partial charge in [-0.25, -0.2) is 0 Å². The summed E-state index contributed by atoms with van der Waals surface area (Å²) in [7, 11) is 1.61. The highest BCUT2D eigenvalue weighted by molar-refractivity contribution is 7.80. The highest BCUT2D eigenvalue weighted by Gasteiger charge is 2.32. The Morgan fingerprint density at radius 1 is 1.21 bits per heavy atom. The minimum absolute atomic E-state index is 0.167. The highest BCUT2D eigenvalue weighted by Crippen LogP contribution is 2.26. The van der Waals surface area contributed by atoms with E-state index >= 15 is 0 Å². The molecule has 122 valence electrons. The number of benzene rings is 2. The van der Waals surface area contributed by atoms with Gasteiger partial charge < -0.3 is 10.1 Å². The van der Waals surface area contributed by atoms with Crippen molar-refractivity contribution < 1.29 is 9.53 Å². The van der Waals surface area contributed by atoms with Gasteiger partial charge in [0, 0.05) is 5.56 Å². The summed E-state index contributed by atoms with van der Waals surface area (Å²) in [6.45, 7) is 2.08. The molecule has 1 fully saturated rings. The van der Waals surface area contributed by atoms with E-state index in [9.17, 15) is 4.79 Å². The number of nitrogens with one attached hydrogen (secondary N) is 1. The zero-order valence-corrected chi connectivity index (χ0v) is 14.4. The van der Waals surface area contributed by atoms with E-state index in [4.69, 9.17) is 17.0 Å². The van der Waals surface area contributed by atoms with Gasteiger partial charge in [0.05, 0.1) is 12.8 Å². The number of nitrogens with zero attached hydrogens (tertiary/aromatic N) is 1. The fourth-order valence-corrected chi connectivity index (χ4v) is 2.92. The van der Waals surface area contributed by atoms with E-state index in [0.717, 1.165) is 23.2 Å². The van der Waals surface area contributed by atoms with Gasteiger partial charge in [0.1, 0.15) is 11.4 Å². The molecule has 0 unspecified atom stereocenters. The lowest BCUT2D eigenvalue weighted by Crippen LogP contribution is -2.30. The first-order chi connectivity index (χ1) is 11.6. The summed E-state index contributed by atoms with van der Waals surface area (Å²) in [5, 5.41) is 3.39. The van der Waals surface area contributed by atoms with E-state index in [0.29, 0.717) is 16.6 Å². The molecule has 24 heavy (non-hydrogen) atoms. The first kappa shape index (κ1) is 16.2. The largest absolute Gasteiger partial charge is 0.496 e. The molecule has 0 bridgehead atoms. The molecule has 0 saturated carbocycles. The van der Waals surface area contributed by atoms with Gasteiger partial charge in [-0.15, -0.1) is 0 Å². The van der Waals surface area contributed by atoms with E-state index < -0.39 is 0 Å². The Kier molecular flexibility index (Phi) is 4.62. The minimum Gasteiger partial charge on any atom is -0.496 e. The quantitative estimate of drug-likeness (QED) is 0.684.